The van der Waals surface area contributed by atoms with E-state index in [9.17, 15) is 9.90 Å². The highest BCUT2D eigenvalue weighted by atomic mass is 16.3. The van der Waals surface area contributed by atoms with Gasteiger partial charge in [-0.3, -0.25) is 9.48 Å². The maximum Gasteiger partial charge on any atom is 0.259 e. The minimum absolute atomic E-state index is 0.161. The fourth-order valence-electron chi connectivity index (χ4n) is 3.74. The normalized spacial score (nSPS) is 14.8. The number of anilines is 2. The molecule has 1 aliphatic heterocycles. The molecule has 29 heavy (non-hydrogen) atoms. The molecule has 2 heterocycles. The Morgan fingerprint density at radius 2 is 1.79 bits per heavy atom. The second kappa shape index (κ2) is 8.49. The van der Waals surface area contributed by atoms with Crippen molar-refractivity contribution in [1.29, 1.82) is 0 Å². The van der Waals surface area contributed by atoms with Gasteiger partial charge >= 0.3 is 0 Å². The van der Waals surface area contributed by atoms with Crippen molar-refractivity contribution < 1.29 is 9.90 Å². The Labute approximate surface area is 170 Å². The molecule has 1 aromatic heterocycles. The molecule has 1 saturated heterocycles. The summed E-state index contributed by atoms with van der Waals surface area (Å²) in [5.74, 6) is -0.161. The van der Waals surface area contributed by atoms with Gasteiger partial charge in [0.2, 0.25) is 0 Å². The van der Waals surface area contributed by atoms with Crippen LogP contribution in [0.3, 0.4) is 0 Å². The molecule has 0 bridgehead atoms. The van der Waals surface area contributed by atoms with Crippen LogP contribution in [0.2, 0.25) is 0 Å². The van der Waals surface area contributed by atoms with Gasteiger partial charge in [-0.1, -0.05) is 42.5 Å². The maximum absolute atomic E-state index is 13.0. The average Bonchev–Trinajstić information content (AvgIpc) is 3.10. The van der Waals surface area contributed by atoms with Crippen LogP contribution in [0.15, 0.2) is 60.8 Å². The van der Waals surface area contributed by atoms with E-state index in [1.807, 2.05) is 66.2 Å². The molecule has 6 nitrogen and oxygen atoms in total. The molecule has 1 amide bonds. The molecule has 0 radical (unpaired) electrons. The Morgan fingerprint density at radius 3 is 2.55 bits per heavy atom. The molecule has 0 saturated carbocycles. The number of nitrogens with one attached hydrogen (secondary N) is 1. The van der Waals surface area contributed by atoms with Crippen LogP contribution in [0, 0.1) is 6.92 Å². The number of rotatable bonds is 5. The third kappa shape index (κ3) is 4.32. The Morgan fingerprint density at radius 1 is 1.10 bits per heavy atom. The minimum Gasteiger partial charge on any atom is -0.393 e. The summed E-state index contributed by atoms with van der Waals surface area (Å²) in [6.07, 6.45) is 2.89. The number of para-hydroxylation sites is 2. The summed E-state index contributed by atoms with van der Waals surface area (Å²) in [4.78, 5) is 15.2. The molecule has 0 unspecified atom stereocenters. The molecule has 2 aromatic carbocycles. The number of nitrogens with zero attached hydrogens (tertiary/aromatic N) is 3. The van der Waals surface area contributed by atoms with Gasteiger partial charge in [-0.05, 0) is 37.5 Å². The van der Waals surface area contributed by atoms with Crippen molar-refractivity contribution in [3.63, 3.8) is 0 Å². The lowest BCUT2D eigenvalue weighted by atomic mass is 10.1. The van der Waals surface area contributed by atoms with E-state index in [2.05, 4.69) is 15.3 Å². The zero-order valence-corrected chi connectivity index (χ0v) is 16.6. The molecule has 4 rings (SSSR count). The Hall–Kier alpha value is -3.12. The molecule has 6 heteroatoms. The first-order valence-electron chi connectivity index (χ1n) is 10.0. The van der Waals surface area contributed by atoms with Crippen molar-refractivity contribution in [2.45, 2.75) is 32.4 Å². The summed E-state index contributed by atoms with van der Waals surface area (Å²) in [5.41, 5.74) is 4.32. The van der Waals surface area contributed by atoms with Crippen molar-refractivity contribution in [2.75, 3.05) is 23.3 Å². The van der Waals surface area contributed by atoms with Gasteiger partial charge in [-0.25, -0.2) is 0 Å². The van der Waals surface area contributed by atoms with Crippen LogP contribution < -0.4 is 10.2 Å². The van der Waals surface area contributed by atoms with E-state index in [-0.39, 0.29) is 12.0 Å². The van der Waals surface area contributed by atoms with Gasteiger partial charge in [0, 0.05) is 18.8 Å². The van der Waals surface area contributed by atoms with E-state index >= 15 is 0 Å². The number of aromatic nitrogens is 2. The lowest BCUT2D eigenvalue weighted by Gasteiger charge is -2.32. The summed E-state index contributed by atoms with van der Waals surface area (Å²) in [5, 5.41) is 17.2. The number of aliphatic hydroxyl groups is 1. The molecule has 1 aliphatic rings. The van der Waals surface area contributed by atoms with Crippen LogP contribution in [0.5, 0.6) is 0 Å². The van der Waals surface area contributed by atoms with Crippen LogP contribution >= 0.6 is 0 Å². The summed E-state index contributed by atoms with van der Waals surface area (Å²) >= 11 is 0. The summed E-state index contributed by atoms with van der Waals surface area (Å²) in [7, 11) is 0. The van der Waals surface area contributed by atoms with Crippen molar-refractivity contribution in [3.05, 3.63) is 77.6 Å². The van der Waals surface area contributed by atoms with Gasteiger partial charge in [0.15, 0.2) is 0 Å². The number of benzene rings is 2. The summed E-state index contributed by atoms with van der Waals surface area (Å²) in [6.45, 7) is 4.11. The largest absolute Gasteiger partial charge is 0.393 e. The van der Waals surface area contributed by atoms with Gasteiger partial charge in [-0.15, -0.1) is 0 Å². The molecule has 0 aliphatic carbocycles. The quantitative estimate of drug-likeness (QED) is 0.700. The first-order valence-corrected chi connectivity index (χ1v) is 10.0. The highest BCUT2D eigenvalue weighted by Gasteiger charge is 2.21. The minimum atomic E-state index is -0.230. The second-order valence-corrected chi connectivity index (χ2v) is 7.48. The van der Waals surface area contributed by atoms with Crippen LogP contribution in [0.1, 0.15) is 34.5 Å². The molecule has 3 aromatic rings. The van der Waals surface area contributed by atoms with Crippen LogP contribution in [0.4, 0.5) is 11.4 Å². The maximum atomic E-state index is 13.0. The van der Waals surface area contributed by atoms with E-state index in [1.165, 1.54) is 0 Å². The zero-order valence-electron chi connectivity index (χ0n) is 16.6. The number of amides is 1. The molecule has 1 fully saturated rings. The number of carbonyl (C=O) groups is 1. The van der Waals surface area contributed by atoms with E-state index in [0.717, 1.165) is 48.6 Å². The Balaban J connectivity index is 1.50. The average molecular weight is 390 g/mol. The molecular weight excluding hydrogens is 364 g/mol. The van der Waals surface area contributed by atoms with Crippen molar-refractivity contribution in [2.24, 2.45) is 0 Å². The Kier molecular flexibility index (Phi) is 5.62. The number of hydrogen-bond acceptors (Lipinski definition) is 4. The monoisotopic (exact) mass is 390 g/mol. The second-order valence-electron chi connectivity index (χ2n) is 7.48. The third-order valence-electron chi connectivity index (χ3n) is 5.48. The molecule has 2 N–H and O–H groups in total. The highest BCUT2D eigenvalue weighted by molar-refractivity contribution is 6.06. The van der Waals surface area contributed by atoms with Crippen molar-refractivity contribution in [3.8, 4) is 0 Å². The number of carbonyl (C=O) groups excluding carboxylic acids is 1. The third-order valence-corrected chi connectivity index (χ3v) is 5.48. The topological polar surface area (TPSA) is 70.4 Å². The van der Waals surface area contributed by atoms with Crippen LogP contribution in [0.25, 0.3) is 0 Å². The van der Waals surface area contributed by atoms with Gasteiger partial charge in [0.1, 0.15) is 0 Å². The first-order chi connectivity index (χ1) is 14.1. The first kappa shape index (κ1) is 19.2. The van der Waals surface area contributed by atoms with E-state index < -0.39 is 0 Å². The van der Waals surface area contributed by atoms with Gasteiger partial charge < -0.3 is 15.3 Å². The zero-order chi connectivity index (χ0) is 20.2. The van der Waals surface area contributed by atoms with Crippen LogP contribution in [-0.2, 0) is 6.54 Å². The van der Waals surface area contributed by atoms with Gasteiger partial charge in [0.05, 0.1) is 35.8 Å². The lowest BCUT2D eigenvalue weighted by molar-refractivity contribution is 0.102. The number of aliphatic hydroxyl groups excluding tert-OH is 1. The van der Waals surface area contributed by atoms with Crippen LogP contribution in [-0.4, -0.2) is 40.0 Å². The standard InChI is InChI=1S/C23H26N4O2/c1-17-20(15-24-27(17)16-18-7-3-2-4-8-18)23(29)25-21-9-5-6-10-22(21)26-13-11-19(28)12-14-26/h2-10,15,19,28H,11-14,16H2,1H3,(H,25,29). The molecule has 0 atom stereocenters. The molecule has 0 spiro atoms. The van der Waals surface area contributed by atoms with Gasteiger partial charge in [-0.2, -0.15) is 5.10 Å². The smallest absolute Gasteiger partial charge is 0.259 e. The summed E-state index contributed by atoms with van der Waals surface area (Å²) < 4.78 is 1.85. The number of hydrogen-bond donors (Lipinski definition) is 2. The Bertz CT molecular complexity index is 976. The molecular formula is C23H26N4O2. The fourth-order valence-corrected chi connectivity index (χ4v) is 3.74. The van der Waals surface area contributed by atoms with Gasteiger partial charge in [0.25, 0.3) is 5.91 Å². The summed E-state index contributed by atoms with van der Waals surface area (Å²) in [6, 6.07) is 17.9. The highest BCUT2D eigenvalue weighted by Crippen LogP contribution is 2.29. The predicted molar refractivity (Wildman–Crippen MR) is 114 cm³/mol. The molecule has 150 valence electrons. The van der Waals surface area contributed by atoms with Crippen molar-refractivity contribution in [1.82, 2.24) is 9.78 Å². The number of piperidine rings is 1. The van der Waals surface area contributed by atoms with E-state index in [0.29, 0.717) is 12.1 Å². The van der Waals surface area contributed by atoms with E-state index in [1.54, 1.807) is 6.20 Å². The lowest BCUT2D eigenvalue weighted by Crippen LogP contribution is -2.36. The van der Waals surface area contributed by atoms with Crippen molar-refractivity contribution >= 4 is 17.3 Å². The fraction of sp³-hybridized carbons (Fsp3) is 0.304. The predicted octanol–water partition coefficient (Wildman–Crippen LogP) is 3.45. The van der Waals surface area contributed by atoms with E-state index in [4.69, 9.17) is 0 Å². The SMILES string of the molecule is Cc1c(C(=O)Nc2ccccc2N2CCC(O)CC2)cnn1Cc1ccccc1.